The van der Waals surface area contributed by atoms with Crippen LogP contribution in [0.15, 0.2) is 0 Å². The first kappa shape index (κ1) is 19.2. The molecule has 5 heteroatoms. The van der Waals surface area contributed by atoms with Gasteiger partial charge in [0.2, 0.25) is 0 Å². The second kappa shape index (κ2) is 8.47. The molecule has 0 aromatic heterocycles. The van der Waals surface area contributed by atoms with E-state index in [1.165, 1.54) is 0 Å². The summed E-state index contributed by atoms with van der Waals surface area (Å²) in [5.74, 6) is 0. The lowest BCUT2D eigenvalue weighted by molar-refractivity contribution is 0.00666. The summed E-state index contributed by atoms with van der Waals surface area (Å²) in [6.07, 6.45) is 1.47. The molecule has 0 aliphatic heterocycles. The van der Waals surface area contributed by atoms with Crippen LogP contribution in [0.5, 0.6) is 0 Å². The number of aliphatic hydroxyl groups is 1. The molecule has 20 heavy (non-hydrogen) atoms. The normalized spacial score (nSPS) is 12.3. The summed E-state index contributed by atoms with van der Waals surface area (Å²) in [7, 11) is 0. The summed E-state index contributed by atoms with van der Waals surface area (Å²) in [4.78, 5) is 14.0. The van der Waals surface area contributed by atoms with Crippen LogP contribution in [0.3, 0.4) is 0 Å². The van der Waals surface area contributed by atoms with Crippen LogP contribution in [0.4, 0.5) is 4.79 Å². The van der Waals surface area contributed by atoms with Gasteiger partial charge in [0.15, 0.2) is 0 Å². The molecule has 0 spiro atoms. The molecule has 1 amide bonds. The van der Waals surface area contributed by atoms with E-state index in [-0.39, 0.29) is 18.2 Å². The van der Waals surface area contributed by atoms with Crippen LogP contribution >= 0.6 is 0 Å². The van der Waals surface area contributed by atoms with Crippen LogP contribution in [0.1, 0.15) is 54.4 Å². The maximum atomic E-state index is 12.2. The minimum atomic E-state index is -0.477. The molecule has 2 N–H and O–H groups in total. The largest absolute Gasteiger partial charge is 0.444 e. The number of aliphatic hydroxyl groups excluding tert-OH is 1. The number of carbonyl (C=O) groups is 1. The molecule has 0 radical (unpaired) electrons. The van der Waals surface area contributed by atoms with E-state index < -0.39 is 5.60 Å². The zero-order valence-corrected chi connectivity index (χ0v) is 14.0. The van der Waals surface area contributed by atoms with Gasteiger partial charge in [-0.25, -0.2) is 4.79 Å². The van der Waals surface area contributed by atoms with Gasteiger partial charge in [-0.15, -0.1) is 0 Å². The Hall–Kier alpha value is -0.810. The maximum absolute atomic E-state index is 12.2. The number of hydrogen-bond donors (Lipinski definition) is 2. The van der Waals surface area contributed by atoms with Gasteiger partial charge in [0, 0.05) is 25.2 Å². The summed E-state index contributed by atoms with van der Waals surface area (Å²) in [6, 6.07) is 0. The fraction of sp³-hybridized carbons (Fsp3) is 0.933. The van der Waals surface area contributed by atoms with Gasteiger partial charge < -0.3 is 20.1 Å². The number of amides is 1. The summed E-state index contributed by atoms with van der Waals surface area (Å²) in [6.45, 7) is 14.0. The molecule has 0 aliphatic carbocycles. The molecule has 0 unspecified atom stereocenters. The number of nitrogens with zero attached hydrogens (tertiary/aromatic N) is 1. The first-order chi connectivity index (χ1) is 9.08. The summed E-state index contributed by atoms with van der Waals surface area (Å²) in [5, 5.41) is 12.0. The molecule has 0 heterocycles. The number of nitrogens with one attached hydrogen (secondary N) is 1. The molecule has 120 valence electrons. The third-order valence-corrected chi connectivity index (χ3v) is 2.70. The third kappa shape index (κ3) is 9.15. The van der Waals surface area contributed by atoms with E-state index in [2.05, 4.69) is 5.32 Å². The van der Waals surface area contributed by atoms with Crippen molar-refractivity contribution in [3.63, 3.8) is 0 Å². The molecule has 0 saturated heterocycles. The Morgan fingerprint density at radius 3 is 2.15 bits per heavy atom. The molecule has 0 aromatic rings. The Kier molecular flexibility index (Phi) is 8.13. The zero-order chi connectivity index (χ0) is 15.8. The van der Waals surface area contributed by atoms with E-state index in [0.29, 0.717) is 6.54 Å². The maximum Gasteiger partial charge on any atom is 0.410 e. The minimum Gasteiger partial charge on any atom is -0.444 e. The van der Waals surface area contributed by atoms with E-state index in [0.717, 1.165) is 25.9 Å². The number of carbonyl (C=O) groups excluding carboxylic acids is 1. The predicted octanol–water partition coefficient (Wildman–Crippen LogP) is 2.38. The Morgan fingerprint density at radius 1 is 1.10 bits per heavy atom. The van der Waals surface area contributed by atoms with Crippen molar-refractivity contribution < 1.29 is 14.6 Å². The second-order valence-corrected chi connectivity index (χ2v) is 6.98. The molecule has 0 saturated carbocycles. The Labute approximate surface area is 123 Å². The first-order valence-corrected chi connectivity index (χ1v) is 7.40. The van der Waals surface area contributed by atoms with E-state index in [1.807, 2.05) is 41.5 Å². The van der Waals surface area contributed by atoms with Gasteiger partial charge in [0.05, 0.1) is 0 Å². The highest BCUT2D eigenvalue weighted by Crippen LogP contribution is 2.17. The van der Waals surface area contributed by atoms with E-state index in [9.17, 15) is 4.79 Å². The van der Waals surface area contributed by atoms with E-state index >= 15 is 0 Å². The summed E-state index contributed by atoms with van der Waals surface area (Å²) in [5.41, 5.74) is -0.746. The van der Waals surface area contributed by atoms with Crippen LogP contribution in [-0.2, 0) is 4.74 Å². The van der Waals surface area contributed by atoms with Crippen LogP contribution in [-0.4, -0.2) is 53.5 Å². The van der Waals surface area contributed by atoms with Crippen molar-refractivity contribution in [2.45, 2.75) is 65.5 Å². The van der Waals surface area contributed by atoms with Gasteiger partial charge in [0.1, 0.15) is 5.60 Å². The summed E-state index contributed by atoms with van der Waals surface area (Å²) >= 11 is 0. The van der Waals surface area contributed by atoms with E-state index in [1.54, 1.807) is 4.90 Å². The topological polar surface area (TPSA) is 61.8 Å². The van der Waals surface area contributed by atoms with Gasteiger partial charge in [-0.05, 0) is 60.9 Å². The Balaban J connectivity index is 4.27. The average Bonchev–Trinajstić information content (AvgIpc) is 2.23. The predicted molar refractivity (Wildman–Crippen MR) is 81.9 cm³/mol. The number of rotatable bonds is 7. The molecule has 0 rings (SSSR count). The molecule has 5 nitrogen and oxygen atoms in total. The monoisotopic (exact) mass is 288 g/mol. The Bertz CT molecular complexity index is 280. The highest BCUT2D eigenvalue weighted by Gasteiger charge is 2.30. The van der Waals surface area contributed by atoms with Crippen molar-refractivity contribution in [3.8, 4) is 0 Å². The number of unbranched alkanes of at least 4 members (excludes halogenated alkanes) is 1. The quantitative estimate of drug-likeness (QED) is 0.706. The van der Waals surface area contributed by atoms with Crippen molar-refractivity contribution in [1.29, 1.82) is 0 Å². The standard InChI is InChI=1S/C15H32N2O3/c1-14(2,3)17(13(19)20-15(4,5)6)11-10-16-9-7-8-12-18/h16,18H,7-12H2,1-6H3. The van der Waals surface area contributed by atoms with Gasteiger partial charge in [-0.2, -0.15) is 0 Å². The van der Waals surface area contributed by atoms with Crippen LogP contribution in [0.2, 0.25) is 0 Å². The fourth-order valence-electron chi connectivity index (χ4n) is 1.70. The van der Waals surface area contributed by atoms with Crippen LogP contribution in [0.25, 0.3) is 0 Å². The molecule has 0 atom stereocenters. The Morgan fingerprint density at radius 2 is 1.70 bits per heavy atom. The molecule has 0 fully saturated rings. The molecular formula is C15H32N2O3. The van der Waals surface area contributed by atoms with Gasteiger partial charge in [0.25, 0.3) is 0 Å². The van der Waals surface area contributed by atoms with Crippen molar-refractivity contribution in [1.82, 2.24) is 10.2 Å². The molecule has 0 aromatic carbocycles. The van der Waals surface area contributed by atoms with Crippen molar-refractivity contribution in [3.05, 3.63) is 0 Å². The lowest BCUT2D eigenvalue weighted by Gasteiger charge is -2.36. The third-order valence-electron chi connectivity index (χ3n) is 2.70. The smallest absolute Gasteiger partial charge is 0.410 e. The van der Waals surface area contributed by atoms with Crippen LogP contribution < -0.4 is 5.32 Å². The lowest BCUT2D eigenvalue weighted by Crippen LogP contribution is -2.50. The van der Waals surface area contributed by atoms with Gasteiger partial charge in [-0.3, -0.25) is 0 Å². The van der Waals surface area contributed by atoms with Gasteiger partial charge in [-0.1, -0.05) is 0 Å². The van der Waals surface area contributed by atoms with Crippen molar-refractivity contribution in [2.75, 3.05) is 26.2 Å². The number of hydrogen-bond acceptors (Lipinski definition) is 4. The first-order valence-electron chi connectivity index (χ1n) is 7.40. The molecule has 0 aliphatic rings. The second-order valence-electron chi connectivity index (χ2n) is 6.98. The van der Waals surface area contributed by atoms with E-state index in [4.69, 9.17) is 9.84 Å². The fourth-order valence-corrected chi connectivity index (χ4v) is 1.70. The lowest BCUT2D eigenvalue weighted by atomic mass is 10.1. The highest BCUT2D eigenvalue weighted by atomic mass is 16.6. The van der Waals surface area contributed by atoms with Crippen LogP contribution in [0, 0.1) is 0 Å². The SMILES string of the molecule is CC(C)(C)OC(=O)N(CCNCCCCO)C(C)(C)C. The number of ether oxygens (including phenoxy) is 1. The summed E-state index contributed by atoms with van der Waals surface area (Å²) < 4.78 is 5.45. The van der Waals surface area contributed by atoms with Gasteiger partial charge >= 0.3 is 6.09 Å². The molecular weight excluding hydrogens is 256 g/mol. The highest BCUT2D eigenvalue weighted by molar-refractivity contribution is 5.69. The van der Waals surface area contributed by atoms with Crippen molar-refractivity contribution in [2.24, 2.45) is 0 Å². The minimum absolute atomic E-state index is 0.230. The average molecular weight is 288 g/mol. The zero-order valence-electron chi connectivity index (χ0n) is 14.0. The molecule has 0 bridgehead atoms. The van der Waals surface area contributed by atoms with Crippen molar-refractivity contribution >= 4 is 6.09 Å².